The van der Waals surface area contributed by atoms with Crippen LogP contribution in [-0.2, 0) is 19.5 Å². The van der Waals surface area contributed by atoms with Gasteiger partial charge in [0.1, 0.15) is 0 Å². The Morgan fingerprint density at radius 2 is 2.14 bits per heavy atom. The van der Waals surface area contributed by atoms with E-state index in [4.69, 9.17) is 5.10 Å². The predicted molar refractivity (Wildman–Crippen MR) is 91.6 cm³/mol. The Bertz CT molecular complexity index is 444. The van der Waals surface area contributed by atoms with Crippen LogP contribution in [-0.4, -0.2) is 40.4 Å². The zero-order valence-corrected chi connectivity index (χ0v) is 15.2. The molecule has 1 saturated heterocycles. The highest BCUT2D eigenvalue weighted by molar-refractivity contribution is 9.10. The van der Waals surface area contributed by atoms with Crippen LogP contribution in [0.4, 0.5) is 0 Å². The zero-order chi connectivity index (χ0) is 15.2. The molecule has 0 saturated carbocycles. The lowest BCUT2D eigenvalue weighted by Crippen LogP contribution is -2.37. The maximum Gasteiger partial charge on any atom is 0.0767 e. The van der Waals surface area contributed by atoms with E-state index in [1.165, 1.54) is 41.7 Å². The van der Waals surface area contributed by atoms with Gasteiger partial charge in [-0.2, -0.15) is 5.10 Å². The largest absolute Gasteiger partial charge is 0.313 e. The first-order valence-electron chi connectivity index (χ1n) is 8.39. The van der Waals surface area contributed by atoms with Crippen molar-refractivity contribution in [1.82, 2.24) is 20.0 Å². The van der Waals surface area contributed by atoms with Crippen molar-refractivity contribution in [2.75, 3.05) is 19.6 Å². The van der Waals surface area contributed by atoms with Gasteiger partial charge in [-0.15, -0.1) is 0 Å². The molecule has 0 bridgehead atoms. The number of aromatic nitrogens is 2. The van der Waals surface area contributed by atoms with Crippen molar-refractivity contribution in [2.24, 2.45) is 0 Å². The highest BCUT2D eigenvalue weighted by Crippen LogP contribution is 2.24. The average Bonchev–Trinajstić information content (AvgIpc) is 2.64. The minimum atomic E-state index is 0.639. The Morgan fingerprint density at radius 3 is 2.81 bits per heavy atom. The Kier molecular flexibility index (Phi) is 6.71. The summed E-state index contributed by atoms with van der Waals surface area (Å²) in [7, 11) is 0. The first kappa shape index (κ1) is 17.0. The van der Waals surface area contributed by atoms with Crippen molar-refractivity contribution in [2.45, 2.75) is 65.6 Å². The highest BCUT2D eigenvalue weighted by Gasteiger charge is 2.21. The molecule has 1 aromatic heterocycles. The Hall–Kier alpha value is -0.390. The van der Waals surface area contributed by atoms with Crippen molar-refractivity contribution < 1.29 is 0 Å². The minimum absolute atomic E-state index is 0.639. The van der Waals surface area contributed by atoms with Crippen LogP contribution in [0.3, 0.4) is 0 Å². The lowest BCUT2D eigenvalue weighted by molar-refractivity contribution is 0.247. The molecular weight excluding hydrogens is 328 g/mol. The summed E-state index contributed by atoms with van der Waals surface area (Å²) >= 11 is 3.77. The summed E-state index contributed by atoms with van der Waals surface area (Å²) in [6.45, 7) is 12.0. The summed E-state index contributed by atoms with van der Waals surface area (Å²) in [4.78, 5) is 2.59. The number of aryl methyl sites for hydroxylation is 2. The maximum atomic E-state index is 4.72. The Balaban J connectivity index is 2.10. The second-order valence-corrected chi connectivity index (χ2v) is 6.70. The second kappa shape index (κ2) is 8.30. The molecule has 1 aliphatic heterocycles. The molecule has 1 N–H and O–H groups in total. The standard InChI is InChI=1S/C16H29BrN4/c1-4-8-13-11-20(10-7-9-18-13)12-15-16(17)14(5-2)19-21(15)6-3/h13,18H,4-12H2,1-3H3. The SMILES string of the molecule is CCCC1CN(Cc2c(Br)c(CC)nn2CC)CCCN1. The highest BCUT2D eigenvalue weighted by atomic mass is 79.9. The Morgan fingerprint density at radius 1 is 1.33 bits per heavy atom. The first-order chi connectivity index (χ1) is 10.2. The molecule has 1 aromatic rings. The normalized spacial score (nSPS) is 20.7. The van der Waals surface area contributed by atoms with Crippen molar-refractivity contribution in [1.29, 1.82) is 0 Å². The molecular formula is C16H29BrN4. The predicted octanol–water partition coefficient (Wildman–Crippen LogP) is 3.19. The van der Waals surface area contributed by atoms with Gasteiger partial charge in [-0.05, 0) is 55.2 Å². The fourth-order valence-electron chi connectivity index (χ4n) is 3.14. The molecule has 5 heteroatoms. The molecule has 0 aliphatic carbocycles. The number of nitrogens with one attached hydrogen (secondary N) is 1. The molecule has 4 nitrogen and oxygen atoms in total. The Labute approximate surface area is 137 Å². The van der Waals surface area contributed by atoms with E-state index in [9.17, 15) is 0 Å². The van der Waals surface area contributed by atoms with Crippen LogP contribution >= 0.6 is 15.9 Å². The van der Waals surface area contributed by atoms with Gasteiger partial charge in [-0.3, -0.25) is 9.58 Å². The maximum absolute atomic E-state index is 4.72. The van der Waals surface area contributed by atoms with Gasteiger partial charge in [-0.25, -0.2) is 0 Å². The summed E-state index contributed by atoms with van der Waals surface area (Å²) < 4.78 is 3.38. The molecule has 0 aromatic carbocycles. The summed E-state index contributed by atoms with van der Waals surface area (Å²) in [5, 5.41) is 8.40. The van der Waals surface area contributed by atoms with Crippen LogP contribution in [0.1, 0.15) is 51.4 Å². The fraction of sp³-hybridized carbons (Fsp3) is 0.812. The third-order valence-corrected chi connectivity index (χ3v) is 5.18. The molecule has 21 heavy (non-hydrogen) atoms. The lowest BCUT2D eigenvalue weighted by Gasteiger charge is -2.24. The number of nitrogens with zero attached hydrogens (tertiary/aromatic N) is 3. The van der Waals surface area contributed by atoms with Crippen LogP contribution in [0.25, 0.3) is 0 Å². The minimum Gasteiger partial charge on any atom is -0.313 e. The molecule has 1 aliphatic rings. The molecule has 0 spiro atoms. The van der Waals surface area contributed by atoms with E-state index in [0.717, 1.165) is 32.6 Å². The number of hydrogen-bond donors (Lipinski definition) is 1. The van der Waals surface area contributed by atoms with Crippen LogP contribution in [0, 0.1) is 0 Å². The monoisotopic (exact) mass is 356 g/mol. The summed E-state index contributed by atoms with van der Waals surface area (Å²) in [5.41, 5.74) is 2.52. The van der Waals surface area contributed by atoms with E-state index < -0.39 is 0 Å². The van der Waals surface area contributed by atoms with E-state index in [1.807, 2.05) is 0 Å². The third kappa shape index (κ3) is 4.30. The van der Waals surface area contributed by atoms with Gasteiger partial charge < -0.3 is 5.32 Å². The molecule has 1 unspecified atom stereocenters. The number of halogens is 1. The molecule has 2 rings (SSSR count). The van der Waals surface area contributed by atoms with E-state index in [0.29, 0.717) is 6.04 Å². The van der Waals surface area contributed by atoms with Gasteiger partial charge >= 0.3 is 0 Å². The van der Waals surface area contributed by atoms with Crippen molar-refractivity contribution >= 4 is 15.9 Å². The van der Waals surface area contributed by atoms with Crippen molar-refractivity contribution in [3.63, 3.8) is 0 Å². The zero-order valence-electron chi connectivity index (χ0n) is 13.7. The fourth-order valence-corrected chi connectivity index (χ4v) is 3.83. The van der Waals surface area contributed by atoms with Crippen LogP contribution < -0.4 is 5.32 Å². The quantitative estimate of drug-likeness (QED) is 0.849. The number of hydrogen-bond acceptors (Lipinski definition) is 3. The van der Waals surface area contributed by atoms with Crippen LogP contribution in [0.2, 0.25) is 0 Å². The van der Waals surface area contributed by atoms with E-state index >= 15 is 0 Å². The molecule has 0 amide bonds. The van der Waals surface area contributed by atoms with Gasteiger partial charge in [0.05, 0.1) is 15.9 Å². The molecule has 1 fully saturated rings. The average molecular weight is 357 g/mol. The van der Waals surface area contributed by atoms with Gasteiger partial charge in [-0.1, -0.05) is 20.3 Å². The molecule has 1 atom stereocenters. The summed E-state index contributed by atoms with van der Waals surface area (Å²) in [6, 6.07) is 0.639. The van der Waals surface area contributed by atoms with Gasteiger partial charge in [0.2, 0.25) is 0 Å². The second-order valence-electron chi connectivity index (χ2n) is 5.91. The molecule has 120 valence electrons. The summed E-state index contributed by atoms with van der Waals surface area (Å²) in [5.74, 6) is 0. The van der Waals surface area contributed by atoms with E-state index in [1.54, 1.807) is 0 Å². The summed E-state index contributed by atoms with van der Waals surface area (Å²) in [6.07, 6.45) is 4.74. The van der Waals surface area contributed by atoms with Gasteiger partial charge in [0.15, 0.2) is 0 Å². The van der Waals surface area contributed by atoms with Crippen molar-refractivity contribution in [3.05, 3.63) is 15.9 Å². The topological polar surface area (TPSA) is 33.1 Å². The molecule has 0 radical (unpaired) electrons. The van der Waals surface area contributed by atoms with Crippen molar-refractivity contribution in [3.8, 4) is 0 Å². The molecule has 2 heterocycles. The van der Waals surface area contributed by atoms with Gasteiger partial charge in [0.25, 0.3) is 0 Å². The van der Waals surface area contributed by atoms with Crippen LogP contribution in [0.5, 0.6) is 0 Å². The third-order valence-electron chi connectivity index (χ3n) is 4.27. The number of rotatable bonds is 6. The van der Waals surface area contributed by atoms with Crippen LogP contribution in [0.15, 0.2) is 4.47 Å². The van der Waals surface area contributed by atoms with Gasteiger partial charge in [0, 0.05) is 25.7 Å². The van der Waals surface area contributed by atoms with E-state index in [-0.39, 0.29) is 0 Å². The smallest absolute Gasteiger partial charge is 0.0767 e. The van der Waals surface area contributed by atoms with E-state index in [2.05, 4.69) is 51.6 Å². The first-order valence-corrected chi connectivity index (χ1v) is 9.18. The lowest BCUT2D eigenvalue weighted by atomic mass is 10.1.